The first-order valence-electron chi connectivity index (χ1n) is 8.69. The third-order valence-corrected chi connectivity index (χ3v) is 5.50. The highest BCUT2D eigenvalue weighted by molar-refractivity contribution is 5.84. The zero-order valence-electron chi connectivity index (χ0n) is 13.7. The van der Waals surface area contributed by atoms with Crippen LogP contribution >= 0.6 is 0 Å². The van der Waals surface area contributed by atoms with Crippen molar-refractivity contribution < 1.29 is 8.78 Å². The van der Waals surface area contributed by atoms with Gasteiger partial charge in [0.1, 0.15) is 11.6 Å². The fourth-order valence-electron chi connectivity index (χ4n) is 4.05. The van der Waals surface area contributed by atoms with Crippen LogP contribution in [-0.4, -0.2) is 24.0 Å². The van der Waals surface area contributed by atoms with Crippen molar-refractivity contribution in [2.45, 2.75) is 24.9 Å². The van der Waals surface area contributed by atoms with Crippen molar-refractivity contribution in [2.24, 2.45) is 5.73 Å². The van der Waals surface area contributed by atoms with E-state index in [2.05, 4.69) is 10.2 Å². The summed E-state index contributed by atoms with van der Waals surface area (Å²) < 4.78 is 28.7. The zero-order valence-corrected chi connectivity index (χ0v) is 13.7. The Morgan fingerprint density at radius 3 is 2.44 bits per heavy atom. The van der Waals surface area contributed by atoms with Crippen molar-refractivity contribution in [3.05, 3.63) is 64.9 Å². The van der Waals surface area contributed by atoms with Gasteiger partial charge in [0.2, 0.25) is 0 Å². The summed E-state index contributed by atoms with van der Waals surface area (Å²) in [5.74, 6) is -1.12. The fourth-order valence-corrected chi connectivity index (χ4v) is 4.05. The van der Waals surface area contributed by atoms with Gasteiger partial charge in [-0.15, -0.1) is 0 Å². The minimum absolute atomic E-state index is 0.000135. The molecule has 25 heavy (non-hydrogen) atoms. The number of fused-ring (bicyclic) bond motifs is 1. The topological polar surface area (TPSA) is 41.3 Å². The molecule has 0 aromatic heterocycles. The summed E-state index contributed by atoms with van der Waals surface area (Å²) >= 11 is 0. The SMILES string of the molecule is NC1C2=C(CN(C3CC3)C2)Nc2c(-c3c(F)cccc3F)cccc21. The maximum Gasteiger partial charge on any atom is 0.134 e. The van der Waals surface area contributed by atoms with Crippen LogP contribution in [-0.2, 0) is 0 Å². The normalized spacial score (nSPS) is 22.6. The number of nitrogens with one attached hydrogen (secondary N) is 1. The molecule has 0 amide bonds. The molecule has 2 aliphatic heterocycles. The van der Waals surface area contributed by atoms with Gasteiger partial charge in [0.25, 0.3) is 0 Å². The lowest BCUT2D eigenvalue weighted by atomic mass is 9.89. The lowest BCUT2D eigenvalue weighted by Gasteiger charge is -2.28. The van der Waals surface area contributed by atoms with Crippen LogP contribution in [0.15, 0.2) is 47.7 Å². The molecule has 1 saturated carbocycles. The number of para-hydroxylation sites is 1. The molecule has 3 nitrogen and oxygen atoms in total. The van der Waals surface area contributed by atoms with Crippen LogP contribution in [0.3, 0.4) is 0 Å². The van der Waals surface area contributed by atoms with Crippen LogP contribution in [0.2, 0.25) is 0 Å². The largest absolute Gasteiger partial charge is 0.357 e. The molecule has 5 rings (SSSR count). The minimum Gasteiger partial charge on any atom is -0.357 e. The average Bonchev–Trinajstić information content (AvgIpc) is 3.35. The maximum atomic E-state index is 14.3. The Hall–Kier alpha value is -2.24. The van der Waals surface area contributed by atoms with Crippen molar-refractivity contribution in [3.8, 4) is 11.1 Å². The van der Waals surface area contributed by atoms with E-state index in [0.717, 1.165) is 30.0 Å². The summed E-state index contributed by atoms with van der Waals surface area (Å²) in [4.78, 5) is 2.44. The van der Waals surface area contributed by atoms with Crippen molar-refractivity contribution in [1.82, 2.24) is 4.90 Å². The Morgan fingerprint density at radius 2 is 1.72 bits per heavy atom. The van der Waals surface area contributed by atoms with Gasteiger partial charge in [0.05, 0.1) is 17.3 Å². The second kappa shape index (κ2) is 5.38. The lowest BCUT2D eigenvalue weighted by molar-refractivity contribution is 0.332. The number of hydrogen-bond donors (Lipinski definition) is 2. The molecule has 1 aliphatic carbocycles. The monoisotopic (exact) mass is 339 g/mol. The molecule has 2 heterocycles. The molecule has 0 bridgehead atoms. The predicted molar refractivity (Wildman–Crippen MR) is 94.0 cm³/mol. The van der Waals surface area contributed by atoms with Crippen LogP contribution in [0.5, 0.6) is 0 Å². The van der Waals surface area contributed by atoms with E-state index >= 15 is 0 Å². The van der Waals surface area contributed by atoms with Gasteiger partial charge >= 0.3 is 0 Å². The molecule has 2 aromatic rings. The third kappa shape index (κ3) is 2.30. The van der Waals surface area contributed by atoms with E-state index in [1.54, 1.807) is 6.07 Å². The first-order valence-corrected chi connectivity index (χ1v) is 8.69. The van der Waals surface area contributed by atoms with Crippen LogP contribution < -0.4 is 11.1 Å². The molecule has 0 radical (unpaired) electrons. The molecule has 3 aliphatic rings. The molecule has 0 spiro atoms. The van der Waals surface area contributed by atoms with E-state index in [0.29, 0.717) is 11.6 Å². The lowest BCUT2D eigenvalue weighted by Crippen LogP contribution is -2.25. The Labute approximate surface area is 145 Å². The number of hydrogen-bond acceptors (Lipinski definition) is 3. The molecule has 3 N–H and O–H groups in total. The number of halogens is 2. The van der Waals surface area contributed by atoms with E-state index in [-0.39, 0.29) is 11.6 Å². The highest BCUT2D eigenvalue weighted by atomic mass is 19.1. The van der Waals surface area contributed by atoms with E-state index < -0.39 is 11.6 Å². The van der Waals surface area contributed by atoms with E-state index in [1.807, 2.05) is 12.1 Å². The molecular weight excluding hydrogens is 320 g/mol. The van der Waals surface area contributed by atoms with Gasteiger partial charge in [-0.25, -0.2) is 8.78 Å². The molecule has 128 valence electrons. The van der Waals surface area contributed by atoms with Gasteiger partial charge in [0, 0.05) is 30.4 Å². The maximum absolute atomic E-state index is 14.3. The number of nitrogens with two attached hydrogens (primary N) is 1. The second-order valence-corrected chi connectivity index (χ2v) is 7.11. The highest BCUT2D eigenvalue weighted by Gasteiger charge is 2.39. The summed E-state index contributed by atoms with van der Waals surface area (Å²) in [6, 6.07) is 9.90. The Bertz CT molecular complexity index is 882. The summed E-state index contributed by atoms with van der Waals surface area (Å²) in [5.41, 5.74) is 11.0. The van der Waals surface area contributed by atoms with Gasteiger partial charge in [-0.1, -0.05) is 24.3 Å². The second-order valence-electron chi connectivity index (χ2n) is 7.11. The minimum atomic E-state index is -0.561. The van der Waals surface area contributed by atoms with E-state index in [9.17, 15) is 8.78 Å². The van der Waals surface area contributed by atoms with Gasteiger partial charge in [-0.05, 0) is 36.1 Å². The highest BCUT2D eigenvalue weighted by Crippen LogP contribution is 2.45. The Balaban J connectivity index is 1.60. The molecule has 2 aromatic carbocycles. The average molecular weight is 339 g/mol. The smallest absolute Gasteiger partial charge is 0.134 e. The van der Waals surface area contributed by atoms with Gasteiger partial charge in [-0.2, -0.15) is 0 Å². The van der Waals surface area contributed by atoms with Crippen molar-refractivity contribution in [3.63, 3.8) is 0 Å². The summed E-state index contributed by atoms with van der Waals surface area (Å²) in [5, 5.41) is 3.45. The standard InChI is InChI=1S/C20H19F2N3/c21-15-5-2-6-16(22)18(15)12-3-1-4-13-19(23)14-9-25(11-7-8-11)10-17(14)24-20(12)13/h1-6,11,19,24H,7-10,23H2. The third-order valence-electron chi connectivity index (χ3n) is 5.50. The quantitative estimate of drug-likeness (QED) is 0.875. The Kier molecular flexibility index (Phi) is 3.24. The van der Waals surface area contributed by atoms with Gasteiger partial charge in [0.15, 0.2) is 0 Å². The molecule has 1 fully saturated rings. The van der Waals surface area contributed by atoms with Crippen LogP contribution in [0.25, 0.3) is 11.1 Å². The molecular formula is C20H19F2N3. The van der Waals surface area contributed by atoms with Crippen LogP contribution in [0.1, 0.15) is 24.4 Å². The van der Waals surface area contributed by atoms with Crippen LogP contribution in [0.4, 0.5) is 14.5 Å². The van der Waals surface area contributed by atoms with Crippen molar-refractivity contribution in [2.75, 3.05) is 18.4 Å². The predicted octanol–water partition coefficient (Wildman–Crippen LogP) is 3.79. The van der Waals surface area contributed by atoms with Gasteiger partial charge < -0.3 is 11.1 Å². The van der Waals surface area contributed by atoms with E-state index in [4.69, 9.17) is 5.73 Å². The number of nitrogens with zero attached hydrogens (tertiary/aromatic N) is 1. The number of rotatable bonds is 2. The van der Waals surface area contributed by atoms with Gasteiger partial charge in [-0.3, -0.25) is 4.90 Å². The first-order chi connectivity index (χ1) is 12.1. The van der Waals surface area contributed by atoms with Crippen LogP contribution in [0, 0.1) is 11.6 Å². The fraction of sp³-hybridized carbons (Fsp3) is 0.300. The summed E-state index contributed by atoms with van der Waals surface area (Å²) in [7, 11) is 0. The molecule has 1 unspecified atom stereocenters. The Morgan fingerprint density at radius 1 is 1.00 bits per heavy atom. The molecule has 1 atom stereocenters. The summed E-state index contributed by atoms with van der Waals surface area (Å²) in [6.45, 7) is 1.72. The van der Waals surface area contributed by atoms with Crippen molar-refractivity contribution in [1.29, 1.82) is 0 Å². The molecule has 5 heteroatoms. The zero-order chi connectivity index (χ0) is 17.1. The van der Waals surface area contributed by atoms with Crippen molar-refractivity contribution >= 4 is 5.69 Å². The molecule has 0 saturated heterocycles. The first kappa shape index (κ1) is 15.0. The van der Waals surface area contributed by atoms with E-state index in [1.165, 1.54) is 36.6 Å². The summed E-state index contributed by atoms with van der Waals surface area (Å²) in [6.07, 6.45) is 2.49. The number of benzene rings is 2. The number of anilines is 1.